The van der Waals surface area contributed by atoms with Gasteiger partial charge < -0.3 is 14.8 Å². The number of benzene rings is 2. The van der Waals surface area contributed by atoms with Gasteiger partial charge in [0.25, 0.3) is 0 Å². The number of rotatable bonds is 14. The third-order valence-corrected chi connectivity index (χ3v) is 5.14. The number of ether oxygens (including phenoxy) is 2. The second-order valence-electron chi connectivity index (χ2n) is 7.61. The van der Waals surface area contributed by atoms with Crippen molar-refractivity contribution in [3.8, 4) is 5.75 Å². The van der Waals surface area contributed by atoms with Crippen molar-refractivity contribution in [1.29, 1.82) is 0 Å². The van der Waals surface area contributed by atoms with Crippen LogP contribution in [0.25, 0.3) is 0 Å². The molecule has 0 saturated heterocycles. The summed E-state index contributed by atoms with van der Waals surface area (Å²) in [7, 11) is 0. The Morgan fingerprint density at radius 3 is 2.43 bits per heavy atom. The first-order valence-electron chi connectivity index (χ1n) is 11.2. The summed E-state index contributed by atoms with van der Waals surface area (Å²) < 4.78 is 11.6. The van der Waals surface area contributed by atoms with Crippen LogP contribution in [0.3, 0.4) is 0 Å². The van der Waals surface area contributed by atoms with Crippen molar-refractivity contribution in [3.63, 3.8) is 0 Å². The fourth-order valence-corrected chi connectivity index (χ4v) is 3.35. The van der Waals surface area contributed by atoms with Crippen molar-refractivity contribution in [1.82, 2.24) is 5.32 Å². The lowest BCUT2D eigenvalue weighted by Gasteiger charge is -2.11. The van der Waals surface area contributed by atoms with Gasteiger partial charge in [-0.3, -0.25) is 0 Å². The van der Waals surface area contributed by atoms with Gasteiger partial charge in [0.1, 0.15) is 12.4 Å². The zero-order valence-corrected chi connectivity index (χ0v) is 17.9. The van der Waals surface area contributed by atoms with Crippen molar-refractivity contribution < 1.29 is 9.47 Å². The summed E-state index contributed by atoms with van der Waals surface area (Å²) >= 11 is 0. The van der Waals surface area contributed by atoms with E-state index in [0.29, 0.717) is 6.61 Å². The van der Waals surface area contributed by atoms with Crippen LogP contribution in [0.2, 0.25) is 0 Å². The Morgan fingerprint density at radius 2 is 1.63 bits per heavy atom. The molecule has 3 heteroatoms. The van der Waals surface area contributed by atoms with Crippen molar-refractivity contribution in [2.75, 3.05) is 19.8 Å². The minimum Gasteiger partial charge on any atom is -0.489 e. The van der Waals surface area contributed by atoms with Gasteiger partial charge in [-0.15, -0.1) is 0 Å². The Labute approximate surface area is 181 Å². The normalized spacial score (nSPS) is 13.1. The Morgan fingerprint density at radius 1 is 0.800 bits per heavy atom. The summed E-state index contributed by atoms with van der Waals surface area (Å²) in [5.41, 5.74) is 3.73. The van der Waals surface area contributed by atoms with Crippen molar-refractivity contribution in [2.45, 2.75) is 45.1 Å². The number of hydrogen-bond donors (Lipinski definition) is 1. The third-order valence-electron chi connectivity index (χ3n) is 5.14. The standard InChI is InChI=1S/C27H34NO2/c1(9-20-28-26-13-7-4-8-14-26)2-10-21-29-22-19-24-15-17-27(18-16-24)30-23-25-11-5-3-6-12-25/h3-7,11-18,28H,1-2,8-10,19-23H2. The molecule has 0 atom stereocenters. The highest BCUT2D eigenvalue weighted by Gasteiger charge is 2.00. The molecule has 1 N–H and O–H groups in total. The molecule has 2 aromatic rings. The van der Waals surface area contributed by atoms with Gasteiger partial charge in [0.15, 0.2) is 0 Å². The van der Waals surface area contributed by atoms with Gasteiger partial charge in [0.2, 0.25) is 0 Å². The zero-order valence-electron chi connectivity index (χ0n) is 17.9. The van der Waals surface area contributed by atoms with E-state index in [9.17, 15) is 0 Å². The van der Waals surface area contributed by atoms with E-state index >= 15 is 0 Å². The topological polar surface area (TPSA) is 30.5 Å². The monoisotopic (exact) mass is 404 g/mol. The summed E-state index contributed by atoms with van der Waals surface area (Å²) in [5.74, 6) is 0.909. The van der Waals surface area contributed by atoms with E-state index in [1.54, 1.807) is 0 Å². The fraction of sp³-hybridized carbons (Fsp3) is 0.370. The molecule has 3 rings (SSSR count). The average molecular weight is 405 g/mol. The van der Waals surface area contributed by atoms with Crippen LogP contribution < -0.4 is 10.1 Å². The maximum absolute atomic E-state index is 5.84. The molecule has 0 saturated carbocycles. The molecule has 0 bridgehead atoms. The molecular weight excluding hydrogens is 370 g/mol. The van der Waals surface area contributed by atoms with Gasteiger partial charge in [0.05, 0.1) is 6.61 Å². The second kappa shape index (κ2) is 13.7. The second-order valence-corrected chi connectivity index (χ2v) is 7.61. The maximum Gasteiger partial charge on any atom is 0.119 e. The Balaban J connectivity index is 1.16. The first-order valence-corrected chi connectivity index (χ1v) is 11.2. The molecule has 0 unspecified atom stereocenters. The lowest BCUT2D eigenvalue weighted by Crippen LogP contribution is -2.15. The predicted molar refractivity (Wildman–Crippen MR) is 124 cm³/mol. The molecule has 159 valence electrons. The highest BCUT2D eigenvalue weighted by atomic mass is 16.5. The van der Waals surface area contributed by atoms with Gasteiger partial charge in [-0.2, -0.15) is 0 Å². The van der Waals surface area contributed by atoms with Gasteiger partial charge in [-0.1, -0.05) is 67.5 Å². The molecule has 1 radical (unpaired) electrons. The van der Waals surface area contributed by atoms with Crippen LogP contribution in [-0.4, -0.2) is 19.8 Å². The van der Waals surface area contributed by atoms with E-state index in [1.807, 2.05) is 30.3 Å². The average Bonchev–Trinajstić information content (AvgIpc) is 2.81. The van der Waals surface area contributed by atoms with Crippen molar-refractivity contribution in [2.24, 2.45) is 0 Å². The highest BCUT2D eigenvalue weighted by molar-refractivity contribution is 5.28. The lowest BCUT2D eigenvalue weighted by molar-refractivity contribution is 0.133. The van der Waals surface area contributed by atoms with Gasteiger partial charge >= 0.3 is 0 Å². The van der Waals surface area contributed by atoms with Crippen LogP contribution in [0.1, 0.15) is 43.2 Å². The largest absolute Gasteiger partial charge is 0.489 e. The molecule has 1 aliphatic rings. The molecule has 0 fully saturated rings. The predicted octanol–water partition coefficient (Wildman–Crippen LogP) is 6.02. The van der Waals surface area contributed by atoms with Crippen LogP contribution >= 0.6 is 0 Å². The summed E-state index contributed by atoms with van der Waals surface area (Å²) in [4.78, 5) is 0. The smallest absolute Gasteiger partial charge is 0.119 e. The Kier molecular flexibility index (Phi) is 10.1. The molecule has 0 aromatic heterocycles. The quantitative estimate of drug-likeness (QED) is 0.390. The van der Waals surface area contributed by atoms with Crippen LogP contribution in [0, 0.1) is 6.42 Å². The maximum atomic E-state index is 5.84. The lowest BCUT2D eigenvalue weighted by atomic mass is 10.1. The van der Waals surface area contributed by atoms with E-state index in [0.717, 1.165) is 44.8 Å². The van der Waals surface area contributed by atoms with Crippen molar-refractivity contribution in [3.05, 3.63) is 96.1 Å². The van der Waals surface area contributed by atoms with E-state index in [1.165, 1.54) is 36.1 Å². The molecule has 30 heavy (non-hydrogen) atoms. The minimum absolute atomic E-state index is 0.604. The van der Waals surface area contributed by atoms with Crippen LogP contribution in [0.15, 0.2) is 78.5 Å². The number of nitrogens with one attached hydrogen (secondary N) is 1. The molecule has 0 spiro atoms. The van der Waals surface area contributed by atoms with Crippen LogP contribution in [-0.2, 0) is 17.8 Å². The van der Waals surface area contributed by atoms with Crippen LogP contribution in [0.5, 0.6) is 5.75 Å². The van der Waals surface area contributed by atoms with E-state index in [4.69, 9.17) is 9.47 Å². The molecule has 0 amide bonds. The van der Waals surface area contributed by atoms with E-state index in [-0.39, 0.29) is 0 Å². The SMILES string of the molecule is [CH]1CC=CC=C1NCCCCCCOCCc1ccc(OCc2ccccc2)cc1. The number of unbranched alkanes of at least 4 members (excludes halogenated alkanes) is 3. The van der Waals surface area contributed by atoms with Gasteiger partial charge in [-0.25, -0.2) is 0 Å². The number of allylic oxidation sites excluding steroid dienone is 4. The molecule has 2 aromatic carbocycles. The first-order chi connectivity index (χ1) is 14.9. The van der Waals surface area contributed by atoms with Gasteiger partial charge in [0, 0.05) is 25.3 Å². The fourth-order valence-electron chi connectivity index (χ4n) is 3.35. The highest BCUT2D eigenvalue weighted by Crippen LogP contribution is 2.15. The third kappa shape index (κ3) is 8.87. The van der Waals surface area contributed by atoms with Gasteiger partial charge in [-0.05, 0) is 55.0 Å². The first kappa shape index (κ1) is 22.2. The molecule has 0 aliphatic heterocycles. The molecular formula is C27H34NO2. The molecule has 1 aliphatic carbocycles. The Hall–Kier alpha value is -2.52. The Bertz CT molecular complexity index is 765. The zero-order chi connectivity index (χ0) is 20.7. The van der Waals surface area contributed by atoms with E-state index < -0.39 is 0 Å². The summed E-state index contributed by atoms with van der Waals surface area (Å²) in [6.45, 7) is 3.30. The number of hydrogen-bond acceptors (Lipinski definition) is 3. The van der Waals surface area contributed by atoms with Crippen molar-refractivity contribution >= 4 is 0 Å². The molecule has 0 heterocycles. The summed E-state index contributed by atoms with van der Waals surface area (Å²) in [6, 6.07) is 18.6. The summed E-state index contributed by atoms with van der Waals surface area (Å²) in [6.07, 6.45) is 15.5. The minimum atomic E-state index is 0.604. The summed E-state index contributed by atoms with van der Waals surface area (Å²) in [5, 5.41) is 3.49. The van der Waals surface area contributed by atoms with Crippen LogP contribution in [0.4, 0.5) is 0 Å². The van der Waals surface area contributed by atoms with E-state index in [2.05, 4.69) is 54.2 Å². The molecule has 3 nitrogen and oxygen atoms in total.